The highest BCUT2D eigenvalue weighted by Gasteiger charge is 2.09. The van der Waals surface area contributed by atoms with E-state index in [0.29, 0.717) is 0 Å². The van der Waals surface area contributed by atoms with Gasteiger partial charge in [0.1, 0.15) is 0 Å². The lowest BCUT2D eigenvalue weighted by Gasteiger charge is -1.96. The predicted molar refractivity (Wildman–Crippen MR) is 74.0 cm³/mol. The van der Waals surface area contributed by atoms with Gasteiger partial charge in [0.05, 0.1) is 12.7 Å². The van der Waals surface area contributed by atoms with E-state index in [1.54, 1.807) is 0 Å². The molecule has 0 heterocycles. The van der Waals surface area contributed by atoms with E-state index in [2.05, 4.69) is 26.8 Å². The summed E-state index contributed by atoms with van der Waals surface area (Å²) in [6, 6.07) is 0. The van der Waals surface area contributed by atoms with Gasteiger partial charge in [-0.3, -0.25) is 0 Å². The van der Waals surface area contributed by atoms with Gasteiger partial charge in [-0.25, -0.2) is 0 Å². The largest absolute Gasteiger partial charge is 0.393 e. The number of allylic oxidation sites excluding steroid dienone is 3. The Bertz CT molecular complexity index is 231. The first kappa shape index (κ1) is 16.4. The van der Waals surface area contributed by atoms with Crippen LogP contribution in [0, 0.1) is 0 Å². The fourth-order valence-corrected chi connectivity index (χ4v) is 1.75. The van der Waals surface area contributed by atoms with Gasteiger partial charge in [-0.1, -0.05) is 36.1 Å². The van der Waals surface area contributed by atoms with Crippen molar-refractivity contribution < 1.29 is 10.2 Å². The smallest absolute Gasteiger partial charge is 0.0614 e. The maximum absolute atomic E-state index is 8.73. The maximum atomic E-state index is 8.73. The van der Waals surface area contributed by atoms with Crippen LogP contribution in [0.1, 0.15) is 59.3 Å². The topological polar surface area (TPSA) is 40.5 Å². The Balaban J connectivity index is 0.000000354. The molecule has 0 unspecified atom stereocenters. The summed E-state index contributed by atoms with van der Waals surface area (Å²) in [6.07, 6.45) is 10.8. The highest BCUT2D eigenvalue weighted by atomic mass is 16.3. The highest BCUT2D eigenvalue weighted by molar-refractivity contribution is 5.01. The molecular weight excluding hydrogens is 212 g/mol. The Morgan fingerprint density at radius 1 is 1.12 bits per heavy atom. The Morgan fingerprint density at radius 2 is 1.71 bits per heavy atom. The minimum absolute atomic E-state index is 0.0463. The lowest BCUT2D eigenvalue weighted by atomic mass is 10.1. The molecule has 17 heavy (non-hydrogen) atoms. The van der Waals surface area contributed by atoms with Gasteiger partial charge >= 0.3 is 0 Å². The van der Waals surface area contributed by atoms with Crippen molar-refractivity contribution in [3.05, 3.63) is 23.3 Å². The molecule has 1 saturated carbocycles. The molecule has 2 heteroatoms. The van der Waals surface area contributed by atoms with Gasteiger partial charge in [-0.15, -0.1) is 0 Å². The van der Waals surface area contributed by atoms with Crippen molar-refractivity contribution in [1.29, 1.82) is 0 Å². The molecule has 2 nitrogen and oxygen atoms in total. The zero-order chi connectivity index (χ0) is 13.1. The Hall–Kier alpha value is -0.600. The summed E-state index contributed by atoms with van der Waals surface area (Å²) in [5.41, 5.74) is 2.63. The minimum Gasteiger partial charge on any atom is -0.393 e. The third-order valence-electron chi connectivity index (χ3n) is 2.86. The quantitative estimate of drug-likeness (QED) is 0.737. The second-order valence-corrected chi connectivity index (χ2v) is 4.99. The van der Waals surface area contributed by atoms with Crippen molar-refractivity contribution in [1.82, 2.24) is 0 Å². The normalized spacial score (nSPS) is 16.4. The zero-order valence-corrected chi connectivity index (χ0v) is 11.6. The molecule has 0 aromatic rings. The van der Waals surface area contributed by atoms with Crippen molar-refractivity contribution in [2.75, 3.05) is 6.61 Å². The summed E-state index contributed by atoms with van der Waals surface area (Å²) in [7, 11) is 0. The second-order valence-electron chi connectivity index (χ2n) is 4.99. The van der Waals surface area contributed by atoms with Crippen LogP contribution >= 0.6 is 0 Å². The minimum atomic E-state index is 0.0463. The van der Waals surface area contributed by atoms with E-state index in [0.717, 1.165) is 25.7 Å². The molecule has 0 radical (unpaired) electrons. The Labute approximate surface area is 106 Å². The molecule has 1 rings (SSSR count). The Kier molecular flexibility index (Phi) is 10.2. The van der Waals surface area contributed by atoms with E-state index in [1.165, 1.54) is 24.0 Å². The van der Waals surface area contributed by atoms with E-state index >= 15 is 0 Å². The molecule has 0 aliphatic heterocycles. The number of aliphatic hydroxyl groups is 2. The van der Waals surface area contributed by atoms with E-state index in [-0.39, 0.29) is 12.7 Å². The van der Waals surface area contributed by atoms with Crippen molar-refractivity contribution in [2.45, 2.75) is 65.4 Å². The molecule has 0 saturated heterocycles. The monoisotopic (exact) mass is 240 g/mol. The standard InChI is InChI=1S/C10H18O.C5H10O/c1-9(2)5-4-6-10(3)7-8-11;6-5-3-1-2-4-5/h5,7,11H,4,6,8H2,1-3H3;5-6H,1-4H2/b10-7+;. The molecule has 0 spiro atoms. The first-order valence-corrected chi connectivity index (χ1v) is 6.64. The van der Waals surface area contributed by atoms with E-state index in [1.807, 2.05) is 6.08 Å². The third-order valence-corrected chi connectivity index (χ3v) is 2.86. The molecule has 1 aliphatic rings. The van der Waals surface area contributed by atoms with Crippen molar-refractivity contribution in [3.63, 3.8) is 0 Å². The molecule has 0 aromatic heterocycles. The third kappa shape index (κ3) is 11.7. The van der Waals surface area contributed by atoms with Crippen LogP contribution in [0.3, 0.4) is 0 Å². The summed E-state index contributed by atoms with van der Waals surface area (Å²) in [4.78, 5) is 0. The first-order valence-electron chi connectivity index (χ1n) is 6.64. The van der Waals surface area contributed by atoms with Gasteiger partial charge in [-0.2, -0.15) is 0 Å². The van der Waals surface area contributed by atoms with Gasteiger partial charge in [0.2, 0.25) is 0 Å². The summed E-state index contributed by atoms with van der Waals surface area (Å²) in [5.74, 6) is 0. The van der Waals surface area contributed by atoms with Crippen LogP contribution in [0.5, 0.6) is 0 Å². The SMILES string of the molecule is CC(C)=CCC/C(C)=C/CO.OC1CCCC1. The van der Waals surface area contributed by atoms with Crippen molar-refractivity contribution in [2.24, 2.45) is 0 Å². The van der Waals surface area contributed by atoms with Crippen LogP contribution in [-0.2, 0) is 0 Å². The maximum Gasteiger partial charge on any atom is 0.0614 e. The fourth-order valence-electron chi connectivity index (χ4n) is 1.75. The van der Waals surface area contributed by atoms with Crippen LogP contribution in [-0.4, -0.2) is 22.9 Å². The van der Waals surface area contributed by atoms with E-state index < -0.39 is 0 Å². The second kappa shape index (κ2) is 10.5. The van der Waals surface area contributed by atoms with Crippen LogP contribution in [0.4, 0.5) is 0 Å². The molecule has 0 bridgehead atoms. The van der Waals surface area contributed by atoms with Crippen molar-refractivity contribution in [3.8, 4) is 0 Å². The summed E-state index contributed by atoms with van der Waals surface area (Å²) in [6.45, 7) is 6.42. The molecule has 0 aromatic carbocycles. The molecular formula is C15H28O2. The van der Waals surface area contributed by atoms with Gasteiger partial charge in [0.25, 0.3) is 0 Å². The number of aliphatic hydroxyl groups excluding tert-OH is 2. The van der Waals surface area contributed by atoms with Crippen LogP contribution in [0.15, 0.2) is 23.3 Å². The average molecular weight is 240 g/mol. The van der Waals surface area contributed by atoms with Crippen molar-refractivity contribution >= 4 is 0 Å². The Morgan fingerprint density at radius 3 is 2.06 bits per heavy atom. The van der Waals surface area contributed by atoms with Crippen LogP contribution in [0.25, 0.3) is 0 Å². The van der Waals surface area contributed by atoms with Gasteiger partial charge in [0, 0.05) is 0 Å². The highest BCUT2D eigenvalue weighted by Crippen LogP contribution is 2.16. The molecule has 0 amide bonds. The van der Waals surface area contributed by atoms with Crippen LogP contribution < -0.4 is 0 Å². The number of hydrogen-bond donors (Lipinski definition) is 2. The lowest BCUT2D eigenvalue weighted by Crippen LogP contribution is -1.94. The molecule has 100 valence electrons. The van der Waals surface area contributed by atoms with E-state index in [4.69, 9.17) is 10.2 Å². The van der Waals surface area contributed by atoms with Crippen LogP contribution in [0.2, 0.25) is 0 Å². The predicted octanol–water partition coefficient (Wildman–Crippen LogP) is 3.59. The first-order chi connectivity index (χ1) is 8.06. The fraction of sp³-hybridized carbons (Fsp3) is 0.733. The summed E-state index contributed by atoms with van der Waals surface area (Å²) >= 11 is 0. The molecule has 1 fully saturated rings. The number of hydrogen-bond acceptors (Lipinski definition) is 2. The van der Waals surface area contributed by atoms with Gasteiger partial charge in [-0.05, 0) is 46.5 Å². The molecule has 1 aliphatic carbocycles. The molecule has 0 atom stereocenters. The van der Waals surface area contributed by atoms with E-state index in [9.17, 15) is 0 Å². The number of rotatable bonds is 4. The molecule has 2 N–H and O–H groups in total. The van der Waals surface area contributed by atoms with Gasteiger partial charge in [0.15, 0.2) is 0 Å². The summed E-state index contributed by atoms with van der Waals surface area (Å²) < 4.78 is 0. The average Bonchev–Trinajstić information content (AvgIpc) is 2.70. The lowest BCUT2D eigenvalue weighted by molar-refractivity contribution is 0.183. The zero-order valence-electron chi connectivity index (χ0n) is 11.6. The van der Waals surface area contributed by atoms with Gasteiger partial charge < -0.3 is 10.2 Å². The summed E-state index contributed by atoms with van der Waals surface area (Å²) in [5, 5.41) is 17.3.